The number of hydrogen-bond donors (Lipinski definition) is 0. The number of benzene rings is 3. The lowest BCUT2D eigenvalue weighted by Crippen LogP contribution is -2.12. The average molecular weight is 406 g/mol. The zero-order valence-electron chi connectivity index (χ0n) is 19.3. The standard InChI is InChI=1S/C29H25NO/c1-2-7-20(8-3-1)21-13-15-22(16-14-21)23-17-18-30-27(19-23)26-11-6-10-25-24-9-4-5-12-28(24)31-29(25)26/h1-12,17-19,21-22H,13-16H2/i21D,22D. The van der Waals surface area contributed by atoms with E-state index in [4.69, 9.17) is 5.79 Å². The first-order valence-corrected chi connectivity index (χ1v) is 11.0. The van der Waals surface area contributed by atoms with Gasteiger partial charge < -0.3 is 4.42 Å². The van der Waals surface area contributed by atoms with Crippen molar-refractivity contribution < 1.29 is 7.16 Å². The van der Waals surface area contributed by atoms with Gasteiger partial charge in [-0.3, -0.25) is 4.98 Å². The number of furan rings is 1. The van der Waals surface area contributed by atoms with Crippen LogP contribution >= 0.6 is 0 Å². The van der Waals surface area contributed by atoms with Crippen LogP contribution in [0.5, 0.6) is 0 Å². The number of nitrogens with zero attached hydrogens (tertiary/aromatic N) is 1. The highest BCUT2D eigenvalue weighted by molar-refractivity contribution is 6.09. The molecule has 0 amide bonds. The van der Waals surface area contributed by atoms with E-state index in [-0.39, 0.29) is 0 Å². The Morgan fingerprint density at radius 3 is 2.26 bits per heavy atom. The van der Waals surface area contributed by atoms with Crippen LogP contribution in [0.1, 0.15) is 51.3 Å². The van der Waals surface area contributed by atoms with Crippen LogP contribution < -0.4 is 0 Å². The monoisotopic (exact) mass is 405 g/mol. The molecule has 1 aliphatic rings. The molecule has 1 aliphatic carbocycles. The van der Waals surface area contributed by atoms with Crippen LogP contribution in [-0.4, -0.2) is 4.98 Å². The van der Waals surface area contributed by atoms with Crippen molar-refractivity contribution in [3.63, 3.8) is 0 Å². The van der Waals surface area contributed by atoms with Gasteiger partial charge in [-0.1, -0.05) is 60.7 Å². The van der Waals surface area contributed by atoms with Gasteiger partial charge in [0.05, 0.1) is 5.69 Å². The maximum absolute atomic E-state index is 9.28. The van der Waals surface area contributed by atoms with Crippen LogP contribution in [-0.2, 0) is 0 Å². The van der Waals surface area contributed by atoms with E-state index < -0.39 is 11.8 Å². The molecule has 1 saturated carbocycles. The van der Waals surface area contributed by atoms with Crippen LogP contribution in [0.3, 0.4) is 0 Å². The van der Waals surface area contributed by atoms with Gasteiger partial charge in [0, 0.05) is 25.3 Å². The van der Waals surface area contributed by atoms with Gasteiger partial charge in [-0.05, 0) is 72.9 Å². The summed E-state index contributed by atoms with van der Waals surface area (Å²) in [6, 6.07) is 28.3. The van der Waals surface area contributed by atoms with Gasteiger partial charge in [-0.15, -0.1) is 0 Å². The fraction of sp³-hybridized carbons (Fsp3) is 0.207. The molecule has 0 spiro atoms. The molecule has 0 bridgehead atoms. The Hall–Kier alpha value is -3.39. The van der Waals surface area contributed by atoms with Crippen molar-refractivity contribution >= 4 is 21.9 Å². The fourth-order valence-corrected chi connectivity index (χ4v) is 4.85. The second kappa shape index (κ2) is 7.70. The maximum atomic E-state index is 9.28. The van der Waals surface area contributed by atoms with Gasteiger partial charge in [0.15, 0.2) is 0 Å². The van der Waals surface area contributed by atoms with Crippen molar-refractivity contribution in [2.75, 3.05) is 0 Å². The molecule has 0 N–H and O–H groups in total. The summed E-state index contributed by atoms with van der Waals surface area (Å²) in [5, 5.41) is 2.18. The maximum Gasteiger partial charge on any atom is 0.144 e. The molecule has 0 saturated heterocycles. The smallest absolute Gasteiger partial charge is 0.144 e. The summed E-state index contributed by atoms with van der Waals surface area (Å²) < 4.78 is 24.5. The molecule has 6 rings (SSSR count). The third-order valence-corrected chi connectivity index (χ3v) is 6.49. The number of aromatic nitrogens is 1. The first kappa shape index (κ1) is 16.3. The highest BCUT2D eigenvalue weighted by Crippen LogP contribution is 2.41. The second-order valence-corrected chi connectivity index (χ2v) is 8.28. The largest absolute Gasteiger partial charge is 0.455 e. The highest BCUT2D eigenvalue weighted by Gasteiger charge is 2.24. The van der Waals surface area contributed by atoms with Crippen LogP contribution in [0.25, 0.3) is 33.2 Å². The van der Waals surface area contributed by atoms with Crippen molar-refractivity contribution in [3.8, 4) is 11.3 Å². The lowest BCUT2D eigenvalue weighted by molar-refractivity contribution is 0.396. The summed E-state index contributed by atoms with van der Waals surface area (Å²) in [6.45, 7) is 0. The van der Waals surface area contributed by atoms with Gasteiger partial charge in [0.25, 0.3) is 0 Å². The Morgan fingerprint density at radius 2 is 1.42 bits per heavy atom. The Kier molecular flexibility index (Phi) is 4.05. The fourth-order valence-electron chi connectivity index (χ4n) is 4.85. The molecule has 31 heavy (non-hydrogen) atoms. The summed E-state index contributed by atoms with van der Waals surface area (Å²) in [5.74, 6) is -1.32. The molecular formula is C29H25NO. The van der Waals surface area contributed by atoms with E-state index in [1.54, 1.807) is 0 Å². The van der Waals surface area contributed by atoms with Gasteiger partial charge in [-0.25, -0.2) is 0 Å². The van der Waals surface area contributed by atoms with E-state index >= 15 is 0 Å². The van der Waals surface area contributed by atoms with E-state index in [0.29, 0.717) is 25.7 Å². The van der Waals surface area contributed by atoms with Crippen molar-refractivity contribution in [3.05, 3.63) is 102 Å². The molecule has 152 valence electrons. The summed E-state index contributed by atoms with van der Waals surface area (Å²) >= 11 is 0. The SMILES string of the molecule is [2H]C1(c2ccccc2)CCC([2H])(c2ccnc(-c3cccc4c3oc3ccccc34)c2)CC1. The third kappa shape index (κ3) is 3.33. The van der Waals surface area contributed by atoms with Crippen LogP contribution in [0, 0.1) is 0 Å². The Morgan fingerprint density at radius 1 is 0.710 bits per heavy atom. The number of hydrogen-bond acceptors (Lipinski definition) is 2. The normalized spacial score (nSPS) is 24.8. The van der Waals surface area contributed by atoms with Crippen LogP contribution in [0.15, 0.2) is 95.5 Å². The molecule has 0 aliphatic heterocycles. The van der Waals surface area contributed by atoms with E-state index in [1.165, 1.54) is 0 Å². The van der Waals surface area contributed by atoms with Crippen molar-refractivity contribution in [1.29, 1.82) is 0 Å². The zero-order chi connectivity index (χ0) is 22.5. The Balaban J connectivity index is 1.35. The highest BCUT2D eigenvalue weighted by atomic mass is 16.3. The minimum absolute atomic E-state index is 0.610. The Labute approximate surface area is 185 Å². The number of rotatable bonds is 3. The van der Waals surface area contributed by atoms with E-state index in [1.807, 2.05) is 72.9 Å². The van der Waals surface area contributed by atoms with Crippen molar-refractivity contribution in [2.45, 2.75) is 37.5 Å². The number of fused-ring (bicyclic) bond motifs is 3. The van der Waals surface area contributed by atoms with Gasteiger partial charge in [-0.2, -0.15) is 0 Å². The van der Waals surface area contributed by atoms with Crippen molar-refractivity contribution in [2.24, 2.45) is 0 Å². The predicted octanol–water partition coefficient (Wildman–Crippen LogP) is 8.09. The first-order chi connectivity index (χ1) is 16.1. The molecule has 0 unspecified atom stereocenters. The van der Waals surface area contributed by atoms with E-state index in [0.717, 1.165) is 44.3 Å². The predicted molar refractivity (Wildman–Crippen MR) is 127 cm³/mol. The minimum atomic E-state index is -0.710. The molecule has 1 fully saturated rings. The molecule has 2 heteroatoms. The molecule has 5 aromatic rings. The van der Waals surface area contributed by atoms with E-state index in [9.17, 15) is 1.37 Å². The first-order valence-electron chi connectivity index (χ1n) is 12.0. The zero-order valence-corrected chi connectivity index (χ0v) is 17.3. The number of pyridine rings is 1. The minimum Gasteiger partial charge on any atom is -0.455 e. The summed E-state index contributed by atoms with van der Waals surface area (Å²) in [4.78, 5) is 4.65. The Bertz CT molecular complexity index is 1450. The second-order valence-electron chi connectivity index (χ2n) is 8.28. The molecule has 0 atom stereocenters. The average Bonchev–Trinajstić information content (AvgIpc) is 3.26. The molecule has 2 aromatic heterocycles. The lowest BCUT2D eigenvalue weighted by Gasteiger charge is -2.29. The van der Waals surface area contributed by atoms with Gasteiger partial charge >= 0.3 is 0 Å². The molecule has 2 nitrogen and oxygen atoms in total. The molecular weight excluding hydrogens is 378 g/mol. The lowest BCUT2D eigenvalue weighted by atomic mass is 9.76. The molecule has 0 radical (unpaired) electrons. The summed E-state index contributed by atoms with van der Waals surface area (Å²) in [7, 11) is 0. The van der Waals surface area contributed by atoms with Crippen molar-refractivity contribution in [1.82, 2.24) is 4.98 Å². The van der Waals surface area contributed by atoms with Gasteiger partial charge in [0.2, 0.25) is 0 Å². The third-order valence-electron chi connectivity index (χ3n) is 6.49. The van der Waals surface area contributed by atoms with Crippen LogP contribution in [0.2, 0.25) is 0 Å². The summed E-state index contributed by atoms with van der Waals surface area (Å²) in [6.07, 6.45) is 4.48. The quantitative estimate of drug-likeness (QED) is 0.303. The van der Waals surface area contributed by atoms with Gasteiger partial charge in [0.1, 0.15) is 11.2 Å². The molecule has 3 aromatic carbocycles. The van der Waals surface area contributed by atoms with Crippen LogP contribution in [0.4, 0.5) is 0 Å². The van der Waals surface area contributed by atoms with E-state index in [2.05, 4.69) is 23.2 Å². The topological polar surface area (TPSA) is 26.0 Å². The summed E-state index contributed by atoms with van der Waals surface area (Å²) in [5.41, 5.74) is 5.50. The number of para-hydroxylation sites is 2. The molecule has 2 heterocycles.